The largest absolute Gasteiger partial charge is 0.316 e. The molecule has 6 heteroatoms. The molecule has 2 aromatic carbocycles. The number of anilines is 1. The highest BCUT2D eigenvalue weighted by atomic mass is 35.5. The van der Waals surface area contributed by atoms with Crippen molar-refractivity contribution >= 4 is 23.2 Å². The lowest BCUT2D eigenvalue weighted by molar-refractivity contribution is 0.102. The van der Waals surface area contributed by atoms with E-state index in [0.29, 0.717) is 16.3 Å². The monoisotopic (exact) mass is 355 g/mol. The van der Waals surface area contributed by atoms with E-state index in [1.807, 2.05) is 37.3 Å². The highest BCUT2D eigenvalue weighted by Crippen LogP contribution is 2.20. The van der Waals surface area contributed by atoms with Gasteiger partial charge < -0.3 is 5.32 Å². The van der Waals surface area contributed by atoms with Crippen LogP contribution in [0.2, 0.25) is 5.02 Å². The van der Waals surface area contributed by atoms with E-state index in [2.05, 4.69) is 5.32 Å². The molecule has 25 heavy (non-hydrogen) atoms. The molecule has 1 aromatic heterocycles. The molecule has 1 N–H and O–H groups in total. The molecule has 0 aliphatic rings. The molecule has 0 saturated carbocycles. The Kier molecular flexibility index (Phi) is 4.51. The van der Waals surface area contributed by atoms with Gasteiger partial charge in [0, 0.05) is 7.05 Å². The summed E-state index contributed by atoms with van der Waals surface area (Å²) in [5, 5.41) is 3.06. The van der Waals surface area contributed by atoms with Gasteiger partial charge in [-0.1, -0.05) is 35.9 Å². The summed E-state index contributed by atoms with van der Waals surface area (Å²) in [5.41, 5.74) is 2.64. The molecule has 0 radical (unpaired) electrons. The minimum absolute atomic E-state index is 0.244. The van der Waals surface area contributed by atoms with Crippen molar-refractivity contribution in [2.24, 2.45) is 7.05 Å². The fraction of sp³-hybridized carbons (Fsp3) is 0.158. The second-order valence-corrected chi connectivity index (χ2v) is 6.28. The molecule has 1 heterocycles. The van der Waals surface area contributed by atoms with Crippen LogP contribution in [0, 0.1) is 13.8 Å². The molecule has 0 aliphatic carbocycles. The lowest BCUT2D eigenvalue weighted by Gasteiger charge is -2.07. The second-order valence-electron chi connectivity index (χ2n) is 5.87. The zero-order valence-corrected chi connectivity index (χ0v) is 15.0. The van der Waals surface area contributed by atoms with Gasteiger partial charge in [0.2, 0.25) is 0 Å². The van der Waals surface area contributed by atoms with Gasteiger partial charge in [-0.25, -0.2) is 4.68 Å². The molecule has 1 amide bonds. The third-order valence-electron chi connectivity index (χ3n) is 4.16. The van der Waals surface area contributed by atoms with Crippen LogP contribution in [-0.4, -0.2) is 15.3 Å². The number of nitrogens with one attached hydrogen (secondary N) is 1. The van der Waals surface area contributed by atoms with E-state index in [9.17, 15) is 9.59 Å². The van der Waals surface area contributed by atoms with Crippen LogP contribution in [0.1, 0.15) is 21.6 Å². The summed E-state index contributed by atoms with van der Waals surface area (Å²) >= 11 is 6.15. The van der Waals surface area contributed by atoms with Crippen molar-refractivity contribution in [3.8, 4) is 5.69 Å². The van der Waals surface area contributed by atoms with E-state index in [1.54, 1.807) is 36.9 Å². The number of hydrogen-bond donors (Lipinski definition) is 1. The molecule has 128 valence electrons. The van der Waals surface area contributed by atoms with Crippen LogP contribution in [-0.2, 0) is 7.05 Å². The summed E-state index contributed by atoms with van der Waals surface area (Å²) in [5.74, 6) is -0.406. The zero-order chi connectivity index (χ0) is 18.1. The lowest BCUT2D eigenvalue weighted by atomic mass is 10.1. The summed E-state index contributed by atoms with van der Waals surface area (Å²) in [4.78, 5) is 25.4. The van der Waals surface area contributed by atoms with Crippen LogP contribution in [0.25, 0.3) is 5.69 Å². The van der Waals surface area contributed by atoms with Crippen LogP contribution in [0.5, 0.6) is 0 Å². The summed E-state index contributed by atoms with van der Waals surface area (Å²) < 4.78 is 3.23. The normalized spacial score (nSPS) is 10.7. The third-order valence-corrected chi connectivity index (χ3v) is 4.47. The van der Waals surface area contributed by atoms with Crippen molar-refractivity contribution in [1.29, 1.82) is 0 Å². The standard InChI is InChI=1S/C19H18ClN3O2/c1-12-9-10-15(16(20)11-12)18(24)21-17-13(2)22(3)23(19(17)25)14-7-5-4-6-8-14/h4-11H,1-3H3,(H,21,24). The Morgan fingerprint density at radius 1 is 1.08 bits per heavy atom. The first-order valence-electron chi connectivity index (χ1n) is 7.81. The SMILES string of the molecule is Cc1ccc(C(=O)Nc2c(C)n(C)n(-c3ccccc3)c2=O)c(Cl)c1. The predicted molar refractivity (Wildman–Crippen MR) is 99.9 cm³/mol. The smallest absolute Gasteiger partial charge is 0.295 e. The Balaban J connectivity index is 2.02. The molecule has 5 nitrogen and oxygen atoms in total. The van der Waals surface area contributed by atoms with Crippen molar-refractivity contribution in [1.82, 2.24) is 9.36 Å². The van der Waals surface area contributed by atoms with Crippen LogP contribution in [0.3, 0.4) is 0 Å². The Bertz CT molecular complexity index is 1000. The molecule has 0 bridgehead atoms. The van der Waals surface area contributed by atoms with Gasteiger partial charge >= 0.3 is 0 Å². The number of benzene rings is 2. The first-order chi connectivity index (χ1) is 11.9. The Morgan fingerprint density at radius 2 is 1.76 bits per heavy atom. The summed E-state index contributed by atoms with van der Waals surface area (Å²) in [6.07, 6.45) is 0. The highest BCUT2D eigenvalue weighted by molar-refractivity contribution is 6.34. The molecule has 3 aromatic rings. The van der Waals surface area contributed by atoms with Gasteiger partial charge in [-0.2, -0.15) is 0 Å². The quantitative estimate of drug-likeness (QED) is 0.778. The van der Waals surface area contributed by atoms with E-state index in [-0.39, 0.29) is 11.2 Å². The van der Waals surface area contributed by atoms with Crippen molar-refractivity contribution in [2.75, 3.05) is 5.32 Å². The van der Waals surface area contributed by atoms with E-state index in [1.165, 1.54) is 4.68 Å². The molecular formula is C19H18ClN3O2. The molecular weight excluding hydrogens is 338 g/mol. The number of carbonyl (C=O) groups is 1. The van der Waals surface area contributed by atoms with Crippen LogP contribution in [0.4, 0.5) is 5.69 Å². The van der Waals surface area contributed by atoms with E-state index in [4.69, 9.17) is 11.6 Å². The average molecular weight is 356 g/mol. The minimum Gasteiger partial charge on any atom is -0.316 e. The number of carbonyl (C=O) groups excluding carboxylic acids is 1. The second kappa shape index (κ2) is 6.61. The first kappa shape index (κ1) is 17.0. The Labute approximate surface area is 150 Å². The number of para-hydroxylation sites is 1. The summed E-state index contributed by atoms with van der Waals surface area (Å²) in [6.45, 7) is 3.68. The maximum atomic E-state index is 12.8. The maximum absolute atomic E-state index is 12.8. The lowest BCUT2D eigenvalue weighted by Crippen LogP contribution is -2.23. The Morgan fingerprint density at radius 3 is 2.40 bits per heavy atom. The van der Waals surface area contributed by atoms with Gasteiger partial charge in [0.1, 0.15) is 5.69 Å². The average Bonchev–Trinajstić information content (AvgIpc) is 2.79. The van der Waals surface area contributed by atoms with Crippen molar-refractivity contribution < 1.29 is 4.79 Å². The van der Waals surface area contributed by atoms with Gasteiger partial charge in [-0.05, 0) is 43.7 Å². The number of aromatic nitrogens is 2. The van der Waals surface area contributed by atoms with Crippen LogP contribution >= 0.6 is 11.6 Å². The van der Waals surface area contributed by atoms with Crippen molar-refractivity contribution in [3.05, 3.63) is 80.7 Å². The molecule has 0 unspecified atom stereocenters. The number of rotatable bonds is 3. The first-order valence-corrected chi connectivity index (χ1v) is 8.19. The van der Waals surface area contributed by atoms with Gasteiger partial charge in [0.05, 0.1) is 22.0 Å². The van der Waals surface area contributed by atoms with Gasteiger partial charge in [0.25, 0.3) is 11.5 Å². The molecule has 0 aliphatic heterocycles. The number of nitrogens with zero attached hydrogens (tertiary/aromatic N) is 2. The number of hydrogen-bond acceptors (Lipinski definition) is 2. The molecule has 0 fully saturated rings. The third kappa shape index (κ3) is 3.10. The maximum Gasteiger partial charge on any atom is 0.295 e. The number of amides is 1. The fourth-order valence-corrected chi connectivity index (χ4v) is 3.02. The van der Waals surface area contributed by atoms with E-state index >= 15 is 0 Å². The topological polar surface area (TPSA) is 56.0 Å². The van der Waals surface area contributed by atoms with E-state index in [0.717, 1.165) is 11.3 Å². The summed E-state index contributed by atoms with van der Waals surface area (Å²) in [7, 11) is 1.78. The van der Waals surface area contributed by atoms with Gasteiger partial charge in [0.15, 0.2) is 0 Å². The zero-order valence-electron chi connectivity index (χ0n) is 14.2. The molecule has 0 atom stereocenters. The van der Waals surface area contributed by atoms with Gasteiger partial charge in [-0.15, -0.1) is 0 Å². The molecule has 3 rings (SSSR count). The fourth-order valence-electron chi connectivity index (χ4n) is 2.70. The van der Waals surface area contributed by atoms with E-state index < -0.39 is 5.91 Å². The predicted octanol–water partition coefficient (Wildman–Crippen LogP) is 3.70. The highest BCUT2D eigenvalue weighted by Gasteiger charge is 2.19. The van der Waals surface area contributed by atoms with Crippen molar-refractivity contribution in [3.63, 3.8) is 0 Å². The van der Waals surface area contributed by atoms with Crippen LogP contribution < -0.4 is 10.9 Å². The van der Waals surface area contributed by atoms with Crippen LogP contribution in [0.15, 0.2) is 53.3 Å². The molecule has 0 spiro atoms. The van der Waals surface area contributed by atoms with Crippen molar-refractivity contribution in [2.45, 2.75) is 13.8 Å². The molecule has 0 saturated heterocycles. The van der Waals surface area contributed by atoms with Gasteiger partial charge in [-0.3, -0.25) is 14.3 Å². The Hall–Kier alpha value is -2.79. The number of halogens is 1. The summed E-state index contributed by atoms with van der Waals surface area (Å²) in [6, 6.07) is 14.4. The number of aryl methyl sites for hydroxylation is 1. The minimum atomic E-state index is -0.406.